The second kappa shape index (κ2) is 5.80. The van der Waals surface area contributed by atoms with Crippen molar-refractivity contribution in [3.8, 4) is 0 Å². The number of rotatable bonds is 5. The van der Waals surface area contributed by atoms with Crippen LogP contribution in [0.1, 0.15) is 23.7 Å². The number of hydrogen-bond donors (Lipinski definition) is 1. The Morgan fingerprint density at radius 2 is 2.09 bits per heavy atom. The van der Waals surface area contributed by atoms with Crippen LogP contribution < -0.4 is 5.43 Å². The molecule has 1 aromatic carbocycles. The highest BCUT2D eigenvalue weighted by Gasteiger charge is 2.43. The Morgan fingerprint density at radius 1 is 1.32 bits per heavy atom. The van der Waals surface area contributed by atoms with Gasteiger partial charge in [-0.3, -0.25) is 14.9 Å². The van der Waals surface area contributed by atoms with E-state index < -0.39 is 4.92 Å². The molecule has 3 rings (SSSR count). The molecule has 0 bridgehead atoms. The molecule has 0 unspecified atom stereocenters. The van der Waals surface area contributed by atoms with Gasteiger partial charge in [0.05, 0.1) is 12.3 Å². The Balaban J connectivity index is 1.53. The molecule has 1 amide bonds. The van der Waals surface area contributed by atoms with Crippen LogP contribution in [0.15, 0.2) is 52.0 Å². The van der Waals surface area contributed by atoms with Crippen LogP contribution >= 0.6 is 0 Å². The Labute approximate surface area is 125 Å². The zero-order valence-electron chi connectivity index (χ0n) is 11.5. The molecule has 1 fully saturated rings. The van der Waals surface area contributed by atoms with Gasteiger partial charge >= 0.3 is 5.88 Å². The molecular formula is C15H13N3O4. The first-order valence-electron chi connectivity index (χ1n) is 6.77. The highest BCUT2D eigenvalue weighted by molar-refractivity contribution is 5.84. The Kier molecular flexibility index (Phi) is 3.69. The number of nitrogens with one attached hydrogen (secondary N) is 1. The zero-order chi connectivity index (χ0) is 15.5. The molecule has 0 radical (unpaired) electrons. The molecule has 1 heterocycles. The summed E-state index contributed by atoms with van der Waals surface area (Å²) in [5.74, 6) is -0.153. The molecule has 7 nitrogen and oxygen atoms in total. The predicted octanol–water partition coefficient (Wildman–Crippen LogP) is 2.44. The third kappa shape index (κ3) is 3.03. The van der Waals surface area contributed by atoms with Crippen LogP contribution in [-0.2, 0) is 4.79 Å². The van der Waals surface area contributed by atoms with Crippen LogP contribution in [-0.4, -0.2) is 17.0 Å². The molecule has 112 valence electrons. The van der Waals surface area contributed by atoms with Crippen molar-refractivity contribution in [3.05, 3.63) is 63.9 Å². The van der Waals surface area contributed by atoms with Gasteiger partial charge in [0.25, 0.3) is 0 Å². The van der Waals surface area contributed by atoms with E-state index in [1.165, 1.54) is 18.3 Å². The highest BCUT2D eigenvalue weighted by Crippen LogP contribution is 2.47. The number of hydrazone groups is 1. The second-order valence-electron chi connectivity index (χ2n) is 5.03. The minimum atomic E-state index is -0.634. The van der Waals surface area contributed by atoms with Gasteiger partial charge in [0.15, 0.2) is 5.76 Å². The van der Waals surface area contributed by atoms with Gasteiger partial charge in [-0.1, -0.05) is 30.3 Å². The Morgan fingerprint density at radius 3 is 2.77 bits per heavy atom. The molecule has 22 heavy (non-hydrogen) atoms. The lowest BCUT2D eigenvalue weighted by Gasteiger charge is -1.99. The van der Waals surface area contributed by atoms with Crippen molar-refractivity contribution in [2.24, 2.45) is 11.0 Å². The van der Waals surface area contributed by atoms with Gasteiger partial charge in [-0.05, 0) is 24.0 Å². The van der Waals surface area contributed by atoms with Crippen molar-refractivity contribution in [2.75, 3.05) is 0 Å². The van der Waals surface area contributed by atoms with Crippen molar-refractivity contribution < 1.29 is 14.1 Å². The average molecular weight is 299 g/mol. The number of carbonyl (C=O) groups excluding carboxylic acids is 1. The lowest BCUT2D eigenvalue weighted by atomic mass is 10.1. The molecule has 1 N–H and O–H groups in total. The summed E-state index contributed by atoms with van der Waals surface area (Å²) >= 11 is 0. The SMILES string of the molecule is O=C(N/N=C\c1ccc([N+](=O)[O-])o1)[C@@H]1C[C@H]1c1ccccc1. The molecule has 1 saturated carbocycles. The molecule has 2 aromatic rings. The lowest BCUT2D eigenvalue weighted by molar-refractivity contribution is -0.402. The van der Waals surface area contributed by atoms with Gasteiger partial charge in [-0.2, -0.15) is 5.10 Å². The number of carbonyl (C=O) groups is 1. The maximum atomic E-state index is 11.9. The van der Waals surface area contributed by atoms with Crippen molar-refractivity contribution >= 4 is 18.0 Å². The summed E-state index contributed by atoms with van der Waals surface area (Å²) in [6, 6.07) is 12.5. The van der Waals surface area contributed by atoms with Crippen LogP contribution in [0.4, 0.5) is 5.88 Å². The minimum Gasteiger partial charge on any atom is -0.400 e. The molecule has 0 aliphatic heterocycles. The number of nitro groups is 1. The monoisotopic (exact) mass is 299 g/mol. The van der Waals surface area contributed by atoms with Crippen molar-refractivity contribution in [3.63, 3.8) is 0 Å². The van der Waals surface area contributed by atoms with Crippen molar-refractivity contribution in [1.82, 2.24) is 5.43 Å². The first-order valence-corrected chi connectivity index (χ1v) is 6.77. The van der Waals surface area contributed by atoms with E-state index in [2.05, 4.69) is 10.5 Å². The quantitative estimate of drug-likeness (QED) is 0.521. The van der Waals surface area contributed by atoms with Gasteiger partial charge in [0.1, 0.15) is 4.92 Å². The molecule has 7 heteroatoms. The topological polar surface area (TPSA) is 97.7 Å². The first kappa shape index (κ1) is 14.0. The smallest absolute Gasteiger partial charge is 0.400 e. The number of furan rings is 1. The Hall–Kier alpha value is -2.96. The molecule has 2 atom stereocenters. The van der Waals surface area contributed by atoms with E-state index in [0.29, 0.717) is 0 Å². The van der Waals surface area contributed by atoms with Gasteiger partial charge in [-0.15, -0.1) is 0 Å². The van der Waals surface area contributed by atoms with E-state index >= 15 is 0 Å². The van der Waals surface area contributed by atoms with E-state index in [9.17, 15) is 14.9 Å². The van der Waals surface area contributed by atoms with E-state index in [-0.39, 0.29) is 29.4 Å². The minimum absolute atomic E-state index is 0.0783. The summed E-state index contributed by atoms with van der Waals surface area (Å²) in [6.45, 7) is 0. The Bertz CT molecular complexity index is 723. The lowest BCUT2D eigenvalue weighted by Crippen LogP contribution is -2.20. The summed E-state index contributed by atoms with van der Waals surface area (Å²) in [5.41, 5.74) is 3.58. The zero-order valence-corrected chi connectivity index (χ0v) is 11.5. The van der Waals surface area contributed by atoms with Gasteiger partial charge < -0.3 is 4.42 Å². The maximum Gasteiger partial charge on any atom is 0.433 e. The summed E-state index contributed by atoms with van der Waals surface area (Å²) in [7, 11) is 0. The van der Waals surface area contributed by atoms with Crippen LogP contribution in [0.3, 0.4) is 0 Å². The number of hydrogen-bond acceptors (Lipinski definition) is 5. The summed E-state index contributed by atoms with van der Waals surface area (Å²) in [4.78, 5) is 21.8. The first-order chi connectivity index (χ1) is 10.6. The van der Waals surface area contributed by atoms with E-state index in [4.69, 9.17) is 4.42 Å². The predicted molar refractivity (Wildman–Crippen MR) is 78.4 cm³/mol. The fourth-order valence-corrected chi connectivity index (χ4v) is 2.31. The van der Waals surface area contributed by atoms with Gasteiger partial charge in [0, 0.05) is 5.92 Å². The van der Waals surface area contributed by atoms with E-state index in [0.717, 1.165) is 12.0 Å². The third-order valence-electron chi connectivity index (χ3n) is 3.51. The number of nitrogens with zero attached hydrogens (tertiary/aromatic N) is 2. The average Bonchev–Trinajstić information content (AvgIpc) is 3.19. The van der Waals surface area contributed by atoms with Crippen LogP contribution in [0.5, 0.6) is 0 Å². The molecule has 1 aliphatic carbocycles. The molecular weight excluding hydrogens is 286 g/mol. The van der Waals surface area contributed by atoms with Crippen LogP contribution in [0, 0.1) is 16.0 Å². The standard InChI is InChI=1S/C15H13N3O4/c19-15(13-8-12(13)10-4-2-1-3-5-10)17-16-9-11-6-7-14(22-11)18(20)21/h1-7,9,12-13H,8H2,(H,17,19)/b16-9-/t12-,13+/m0/s1. The number of benzene rings is 1. The fourth-order valence-electron chi connectivity index (χ4n) is 2.31. The summed E-state index contributed by atoms with van der Waals surface area (Å²) in [6.07, 6.45) is 2.04. The molecule has 0 saturated heterocycles. The molecule has 1 aromatic heterocycles. The number of amides is 1. The highest BCUT2D eigenvalue weighted by atomic mass is 16.6. The summed E-state index contributed by atoms with van der Waals surface area (Å²) in [5, 5.41) is 14.2. The summed E-state index contributed by atoms with van der Waals surface area (Å²) < 4.78 is 4.89. The third-order valence-corrected chi connectivity index (χ3v) is 3.51. The maximum absolute atomic E-state index is 11.9. The van der Waals surface area contributed by atoms with E-state index in [1.807, 2.05) is 30.3 Å². The largest absolute Gasteiger partial charge is 0.433 e. The van der Waals surface area contributed by atoms with Crippen LogP contribution in [0.25, 0.3) is 0 Å². The van der Waals surface area contributed by atoms with Crippen molar-refractivity contribution in [1.29, 1.82) is 0 Å². The second-order valence-corrected chi connectivity index (χ2v) is 5.03. The molecule has 0 spiro atoms. The van der Waals surface area contributed by atoms with Gasteiger partial charge in [-0.25, -0.2) is 5.43 Å². The molecule has 1 aliphatic rings. The van der Waals surface area contributed by atoms with Crippen molar-refractivity contribution in [2.45, 2.75) is 12.3 Å². The van der Waals surface area contributed by atoms with Gasteiger partial charge in [0.2, 0.25) is 5.91 Å². The van der Waals surface area contributed by atoms with E-state index in [1.54, 1.807) is 0 Å². The fraction of sp³-hybridized carbons (Fsp3) is 0.200. The van der Waals surface area contributed by atoms with Crippen LogP contribution in [0.2, 0.25) is 0 Å². The normalized spacial score (nSPS) is 20.0.